The molecule has 1 amide bonds. The average molecular weight is 387 g/mol. The molecule has 0 atom stereocenters. The Labute approximate surface area is 161 Å². The summed E-state index contributed by atoms with van der Waals surface area (Å²) < 4.78 is 27.7. The lowest BCUT2D eigenvalue weighted by Gasteiger charge is -2.21. The molecular weight excluding hydrogens is 360 g/mol. The van der Waals surface area contributed by atoms with Crippen molar-refractivity contribution < 1.29 is 13.2 Å². The first-order chi connectivity index (χ1) is 13.0. The van der Waals surface area contributed by atoms with Gasteiger partial charge in [-0.25, -0.2) is 13.1 Å². The number of nitrogens with one attached hydrogen (secondary N) is 1. The van der Waals surface area contributed by atoms with Crippen LogP contribution in [0.4, 0.5) is 0 Å². The fraction of sp³-hybridized carbons (Fsp3) is 0.381. The van der Waals surface area contributed by atoms with Crippen molar-refractivity contribution in [3.63, 3.8) is 0 Å². The lowest BCUT2D eigenvalue weighted by atomic mass is 9.92. The molecule has 0 fully saturated rings. The summed E-state index contributed by atoms with van der Waals surface area (Å²) in [7, 11) is -3.70. The van der Waals surface area contributed by atoms with E-state index in [1.54, 1.807) is 17.0 Å². The van der Waals surface area contributed by atoms with Gasteiger partial charge in [0, 0.05) is 13.1 Å². The molecule has 27 heavy (non-hydrogen) atoms. The fourth-order valence-corrected chi connectivity index (χ4v) is 4.43. The Morgan fingerprint density at radius 1 is 1.04 bits per heavy atom. The third-order valence-corrected chi connectivity index (χ3v) is 6.39. The number of rotatable bonds is 7. The van der Waals surface area contributed by atoms with Gasteiger partial charge in [-0.15, -0.1) is 0 Å². The molecule has 0 aliphatic heterocycles. The van der Waals surface area contributed by atoms with Gasteiger partial charge in [0.25, 0.3) is 0 Å². The van der Waals surface area contributed by atoms with Gasteiger partial charge >= 0.3 is 0 Å². The van der Waals surface area contributed by atoms with Crippen molar-refractivity contribution >= 4 is 15.9 Å². The molecule has 144 valence electrons. The summed E-state index contributed by atoms with van der Waals surface area (Å²) in [5.41, 5.74) is 3.36. The van der Waals surface area contributed by atoms with Crippen LogP contribution in [0.25, 0.3) is 0 Å². The number of nitrogens with zero attached hydrogens (tertiary/aromatic N) is 1. The second-order valence-electron chi connectivity index (χ2n) is 6.86. The van der Waals surface area contributed by atoms with Crippen molar-refractivity contribution in [1.82, 2.24) is 9.62 Å². The second-order valence-corrected chi connectivity index (χ2v) is 8.62. The second kappa shape index (κ2) is 8.67. The highest BCUT2D eigenvalue weighted by Gasteiger charge is 2.20. The van der Waals surface area contributed by atoms with Crippen LogP contribution in [0.2, 0.25) is 0 Å². The van der Waals surface area contributed by atoms with Crippen LogP contribution in [0.1, 0.15) is 36.5 Å². The molecule has 1 aliphatic rings. The van der Waals surface area contributed by atoms with Crippen molar-refractivity contribution in [3.05, 3.63) is 65.2 Å². The lowest BCUT2D eigenvalue weighted by molar-refractivity contribution is -0.130. The molecule has 0 saturated heterocycles. The smallest absolute Gasteiger partial charge is 0.241 e. The minimum Gasteiger partial charge on any atom is -0.338 e. The largest absolute Gasteiger partial charge is 0.338 e. The van der Waals surface area contributed by atoms with E-state index in [2.05, 4.69) is 4.72 Å². The van der Waals surface area contributed by atoms with Gasteiger partial charge in [-0.3, -0.25) is 4.79 Å². The molecule has 6 heteroatoms. The number of fused-ring (bicyclic) bond motifs is 1. The number of amides is 1. The molecule has 1 N–H and O–H groups in total. The van der Waals surface area contributed by atoms with E-state index in [-0.39, 0.29) is 17.3 Å². The van der Waals surface area contributed by atoms with E-state index >= 15 is 0 Å². The summed E-state index contributed by atoms with van der Waals surface area (Å²) in [6.07, 6.45) is 4.16. The van der Waals surface area contributed by atoms with Crippen LogP contribution in [0, 0.1) is 0 Å². The summed E-state index contributed by atoms with van der Waals surface area (Å²) in [5.74, 6) is -0.233. The minimum absolute atomic E-state index is 0.233. The molecule has 0 bridgehead atoms. The maximum Gasteiger partial charge on any atom is 0.241 e. The average Bonchev–Trinajstić information content (AvgIpc) is 2.70. The van der Waals surface area contributed by atoms with Crippen molar-refractivity contribution in [2.45, 2.75) is 44.0 Å². The quantitative estimate of drug-likeness (QED) is 0.796. The summed E-state index contributed by atoms with van der Waals surface area (Å²) in [6, 6.07) is 15.0. The molecule has 3 rings (SSSR count). The van der Waals surface area contributed by atoms with Crippen molar-refractivity contribution in [1.29, 1.82) is 0 Å². The maximum atomic E-state index is 12.6. The van der Waals surface area contributed by atoms with Gasteiger partial charge in [-0.05, 0) is 61.4 Å². The van der Waals surface area contributed by atoms with Crippen LogP contribution in [-0.2, 0) is 34.2 Å². The molecule has 0 heterocycles. The molecule has 5 nitrogen and oxygen atoms in total. The maximum absolute atomic E-state index is 12.6. The number of benzene rings is 2. The first-order valence-corrected chi connectivity index (χ1v) is 10.9. The van der Waals surface area contributed by atoms with E-state index < -0.39 is 10.0 Å². The number of carbonyl (C=O) groups is 1. The SMILES string of the molecule is CCN(Cc1ccccc1)C(=O)CNS(=O)(=O)c1ccc2c(c1)CCCC2. The molecule has 0 unspecified atom stereocenters. The number of hydrogen-bond acceptors (Lipinski definition) is 3. The Morgan fingerprint density at radius 2 is 1.74 bits per heavy atom. The van der Waals surface area contributed by atoms with E-state index in [1.807, 2.05) is 43.3 Å². The monoisotopic (exact) mass is 386 g/mol. The standard InChI is InChI=1S/C21H26N2O3S/c1-2-23(16-17-8-4-3-5-9-17)21(24)15-22-27(25,26)20-13-12-18-10-6-7-11-19(18)14-20/h3-5,8-9,12-14,22H,2,6-7,10-11,15-16H2,1H3. The first kappa shape index (κ1) is 19.6. The van der Waals surface area contributed by atoms with Crippen LogP contribution in [0.3, 0.4) is 0 Å². The van der Waals surface area contributed by atoms with Crippen LogP contribution in [0.5, 0.6) is 0 Å². The van der Waals surface area contributed by atoms with Crippen molar-refractivity contribution in [2.24, 2.45) is 0 Å². The van der Waals surface area contributed by atoms with Gasteiger partial charge in [0.1, 0.15) is 0 Å². The molecule has 0 saturated carbocycles. The Balaban J connectivity index is 1.64. The van der Waals surface area contributed by atoms with Gasteiger partial charge < -0.3 is 4.90 Å². The zero-order valence-corrected chi connectivity index (χ0v) is 16.5. The minimum atomic E-state index is -3.70. The highest BCUT2D eigenvalue weighted by Crippen LogP contribution is 2.24. The zero-order valence-electron chi connectivity index (χ0n) is 15.6. The molecule has 2 aromatic carbocycles. The molecule has 0 radical (unpaired) electrons. The predicted molar refractivity (Wildman–Crippen MR) is 106 cm³/mol. The van der Waals surface area contributed by atoms with E-state index in [4.69, 9.17) is 0 Å². The molecule has 0 aromatic heterocycles. The number of aryl methyl sites for hydroxylation is 2. The van der Waals surface area contributed by atoms with Crippen LogP contribution >= 0.6 is 0 Å². The van der Waals surface area contributed by atoms with Gasteiger partial charge in [-0.2, -0.15) is 0 Å². The first-order valence-electron chi connectivity index (χ1n) is 9.43. The van der Waals surface area contributed by atoms with E-state index in [9.17, 15) is 13.2 Å². The van der Waals surface area contributed by atoms with E-state index in [0.29, 0.717) is 13.1 Å². The summed E-state index contributed by atoms with van der Waals surface area (Å²) in [6.45, 7) is 2.64. The van der Waals surface area contributed by atoms with Crippen LogP contribution in [0.15, 0.2) is 53.4 Å². The van der Waals surface area contributed by atoms with Crippen LogP contribution in [-0.4, -0.2) is 32.3 Å². The predicted octanol–water partition coefficient (Wildman–Crippen LogP) is 2.89. The molecular formula is C21H26N2O3S. The van der Waals surface area contributed by atoms with Crippen molar-refractivity contribution in [2.75, 3.05) is 13.1 Å². The summed E-state index contributed by atoms with van der Waals surface area (Å²) in [4.78, 5) is 14.4. The van der Waals surface area contributed by atoms with Crippen LogP contribution < -0.4 is 4.72 Å². The van der Waals surface area contributed by atoms with Gasteiger partial charge in [0.2, 0.25) is 15.9 Å². The highest BCUT2D eigenvalue weighted by molar-refractivity contribution is 7.89. The Bertz CT molecular complexity index is 895. The number of likely N-dealkylation sites (N-methyl/N-ethyl adjacent to an activating group) is 1. The van der Waals surface area contributed by atoms with E-state index in [1.165, 1.54) is 5.56 Å². The highest BCUT2D eigenvalue weighted by atomic mass is 32.2. The Kier molecular flexibility index (Phi) is 6.29. The molecule has 0 spiro atoms. The number of sulfonamides is 1. The zero-order chi connectivity index (χ0) is 19.3. The Hall–Kier alpha value is -2.18. The topological polar surface area (TPSA) is 66.5 Å². The molecule has 2 aromatic rings. The number of carbonyl (C=O) groups excluding carboxylic acids is 1. The normalized spacial score (nSPS) is 13.8. The third kappa shape index (κ3) is 4.96. The summed E-state index contributed by atoms with van der Waals surface area (Å²) >= 11 is 0. The van der Waals surface area contributed by atoms with Gasteiger partial charge in [0.05, 0.1) is 11.4 Å². The third-order valence-electron chi connectivity index (χ3n) is 4.99. The summed E-state index contributed by atoms with van der Waals surface area (Å²) in [5, 5.41) is 0. The number of hydrogen-bond donors (Lipinski definition) is 1. The lowest BCUT2D eigenvalue weighted by Crippen LogP contribution is -2.39. The Morgan fingerprint density at radius 3 is 2.44 bits per heavy atom. The fourth-order valence-electron chi connectivity index (χ4n) is 3.41. The van der Waals surface area contributed by atoms with Crippen molar-refractivity contribution in [3.8, 4) is 0 Å². The van der Waals surface area contributed by atoms with Gasteiger partial charge in [-0.1, -0.05) is 36.4 Å². The van der Waals surface area contributed by atoms with E-state index in [0.717, 1.165) is 36.8 Å². The van der Waals surface area contributed by atoms with Gasteiger partial charge in [0.15, 0.2) is 0 Å². The molecule has 1 aliphatic carbocycles.